The second kappa shape index (κ2) is 14.2. The first-order chi connectivity index (χ1) is 28.6. The molecule has 0 saturated heterocycles. The maximum atomic E-state index is 10.8. The molecule has 0 aliphatic carbocycles. The molecule has 8 aromatic carbocycles. The summed E-state index contributed by atoms with van der Waals surface area (Å²) in [7, 11) is -1.06. The number of hydrogen-bond donors (Lipinski definition) is 1. The molecular formula is C54H45BNO2Si. The van der Waals surface area contributed by atoms with Gasteiger partial charge in [-0.25, -0.2) is 0 Å². The Hall–Kier alpha value is -6.24. The van der Waals surface area contributed by atoms with Crippen LogP contribution in [0.1, 0.15) is 27.7 Å². The van der Waals surface area contributed by atoms with Crippen LogP contribution >= 0.6 is 0 Å². The Kier molecular flexibility index (Phi) is 8.95. The summed E-state index contributed by atoms with van der Waals surface area (Å²) in [5, 5.41) is 18.7. The molecule has 2 heterocycles. The summed E-state index contributed by atoms with van der Waals surface area (Å²) >= 11 is 0. The van der Waals surface area contributed by atoms with Gasteiger partial charge in [0.1, 0.15) is 0 Å². The van der Waals surface area contributed by atoms with Crippen molar-refractivity contribution in [2.24, 2.45) is 0 Å². The molecule has 0 saturated carbocycles. The van der Waals surface area contributed by atoms with E-state index in [1.807, 2.05) is 13.8 Å². The van der Waals surface area contributed by atoms with Gasteiger partial charge in [0.15, 0.2) is 8.07 Å². The highest BCUT2D eigenvalue weighted by Gasteiger charge is 2.48. The third-order valence-electron chi connectivity index (χ3n) is 12.8. The molecule has 285 valence electrons. The fourth-order valence-corrected chi connectivity index (χ4v) is 14.1. The van der Waals surface area contributed by atoms with Crippen LogP contribution in [0.3, 0.4) is 0 Å². The number of aromatic nitrogens is 1. The fourth-order valence-electron chi connectivity index (χ4n) is 8.97. The van der Waals surface area contributed by atoms with E-state index in [0.29, 0.717) is 0 Å². The van der Waals surface area contributed by atoms with E-state index in [-0.39, 0.29) is 0 Å². The molecular weight excluding hydrogens is 733 g/mol. The van der Waals surface area contributed by atoms with Gasteiger partial charge in [-0.1, -0.05) is 169 Å². The SMILES string of the molecule is CC(C)(O)C(C)(C)O[B]c1ccc([Si]2(c3ccc4c(c3)c3cc(-c5ccccc5)ccc3n4-c3ccc(-c4ccccc4)cc3)c3ccccc3-c3ccccc32)cc1. The van der Waals surface area contributed by atoms with Crippen LogP contribution in [0.2, 0.25) is 0 Å². The van der Waals surface area contributed by atoms with Crippen LogP contribution in [0.5, 0.6) is 0 Å². The average molecular weight is 779 g/mol. The zero-order valence-corrected chi connectivity index (χ0v) is 34.9. The van der Waals surface area contributed by atoms with Gasteiger partial charge in [0.25, 0.3) is 0 Å². The highest BCUT2D eigenvalue weighted by Crippen LogP contribution is 2.37. The molecule has 59 heavy (non-hydrogen) atoms. The fraction of sp³-hybridized carbons (Fsp3) is 0.111. The first kappa shape index (κ1) is 37.1. The lowest BCUT2D eigenvalue weighted by Gasteiger charge is -2.37. The van der Waals surface area contributed by atoms with Crippen molar-refractivity contribution < 1.29 is 9.76 Å². The smallest absolute Gasteiger partial charge is 0.330 e. The maximum Gasteiger partial charge on any atom is 0.330 e. The van der Waals surface area contributed by atoms with E-state index in [2.05, 4.69) is 199 Å². The minimum absolute atomic E-state index is 0.760. The Bertz CT molecular complexity index is 2940. The van der Waals surface area contributed by atoms with E-state index in [1.165, 1.54) is 75.9 Å². The molecule has 1 aromatic heterocycles. The van der Waals surface area contributed by atoms with Gasteiger partial charge in [0.2, 0.25) is 0 Å². The molecule has 10 rings (SSSR count). The molecule has 0 bridgehead atoms. The maximum absolute atomic E-state index is 10.8. The van der Waals surface area contributed by atoms with Crippen LogP contribution in [-0.2, 0) is 4.65 Å². The van der Waals surface area contributed by atoms with Crippen molar-refractivity contribution in [1.29, 1.82) is 0 Å². The minimum atomic E-state index is -2.84. The van der Waals surface area contributed by atoms with Gasteiger partial charge in [-0.3, -0.25) is 0 Å². The van der Waals surface area contributed by atoms with Crippen molar-refractivity contribution in [3.63, 3.8) is 0 Å². The van der Waals surface area contributed by atoms with Crippen LogP contribution in [0, 0.1) is 0 Å². The number of benzene rings is 8. The molecule has 0 spiro atoms. The Morgan fingerprint density at radius 2 is 0.949 bits per heavy atom. The number of hydrogen-bond acceptors (Lipinski definition) is 2. The number of nitrogens with zero attached hydrogens (tertiary/aromatic N) is 1. The second-order valence-corrected chi connectivity index (χ2v) is 20.6. The quantitative estimate of drug-likeness (QED) is 0.148. The molecule has 9 aromatic rings. The van der Waals surface area contributed by atoms with E-state index in [4.69, 9.17) is 4.65 Å². The zero-order valence-electron chi connectivity index (χ0n) is 33.9. The predicted molar refractivity (Wildman–Crippen MR) is 251 cm³/mol. The Morgan fingerprint density at radius 3 is 1.54 bits per heavy atom. The Morgan fingerprint density at radius 1 is 0.475 bits per heavy atom. The summed E-state index contributed by atoms with van der Waals surface area (Å²) in [5.74, 6) is 0. The predicted octanol–water partition coefficient (Wildman–Crippen LogP) is 9.29. The topological polar surface area (TPSA) is 34.4 Å². The largest absolute Gasteiger partial charge is 0.427 e. The van der Waals surface area contributed by atoms with Gasteiger partial charge in [0, 0.05) is 16.5 Å². The summed E-state index contributed by atoms with van der Waals surface area (Å²) < 4.78 is 8.63. The van der Waals surface area contributed by atoms with Gasteiger partial charge in [-0.2, -0.15) is 0 Å². The summed E-state index contributed by atoms with van der Waals surface area (Å²) in [6.07, 6.45) is 0. The van der Waals surface area contributed by atoms with Crippen LogP contribution in [0.4, 0.5) is 0 Å². The first-order valence-electron chi connectivity index (χ1n) is 20.5. The van der Waals surface area contributed by atoms with Gasteiger partial charge in [0.05, 0.1) is 22.2 Å². The Labute approximate surface area is 348 Å². The molecule has 3 nitrogen and oxygen atoms in total. The van der Waals surface area contributed by atoms with Crippen LogP contribution < -0.4 is 26.2 Å². The second-order valence-electron chi connectivity index (χ2n) is 16.8. The summed E-state index contributed by atoms with van der Waals surface area (Å²) in [5.41, 5.74) is 10.1. The summed E-state index contributed by atoms with van der Waals surface area (Å²) in [6.45, 7) is 7.41. The van der Waals surface area contributed by atoms with E-state index < -0.39 is 19.3 Å². The van der Waals surface area contributed by atoms with Crippen LogP contribution in [-0.4, -0.2) is 36.4 Å². The third-order valence-corrected chi connectivity index (χ3v) is 17.7. The normalized spacial score (nSPS) is 13.4. The minimum Gasteiger partial charge on any atom is -0.427 e. The van der Waals surface area contributed by atoms with Gasteiger partial charge < -0.3 is 14.3 Å². The molecule has 0 unspecified atom stereocenters. The van der Waals surface area contributed by atoms with Gasteiger partial charge >= 0.3 is 7.48 Å². The molecule has 0 atom stereocenters. The van der Waals surface area contributed by atoms with E-state index in [9.17, 15) is 5.11 Å². The molecule has 1 aliphatic heterocycles. The van der Waals surface area contributed by atoms with Crippen molar-refractivity contribution in [2.75, 3.05) is 0 Å². The Balaban J connectivity index is 1.19. The molecule has 1 radical (unpaired) electrons. The standard InChI is InChI=1S/C54H45BNO2Si/c1-53(2,57)54(3,4)58-55-41-26-30-43(31-27-41)59(51-21-13-11-19-45(51)46-20-12-14-22-52(46)59)44-32-34-50-48(36-44)47-35-40(38-17-9-6-10-18-38)25-33-49(47)56(50)42-28-23-39(24-29-42)37-15-7-5-8-16-37/h5-36,57H,1-4H3. The van der Waals surface area contributed by atoms with E-state index >= 15 is 0 Å². The van der Waals surface area contributed by atoms with Crippen molar-refractivity contribution in [3.05, 3.63) is 194 Å². The number of fused-ring (bicyclic) bond motifs is 6. The van der Waals surface area contributed by atoms with Crippen molar-refractivity contribution in [3.8, 4) is 39.1 Å². The lowest BCUT2D eigenvalue weighted by molar-refractivity contribution is -0.0893. The monoisotopic (exact) mass is 778 g/mol. The molecule has 0 amide bonds. The number of rotatable bonds is 9. The van der Waals surface area contributed by atoms with Crippen molar-refractivity contribution >= 4 is 63.6 Å². The van der Waals surface area contributed by atoms with Crippen LogP contribution in [0.15, 0.2) is 194 Å². The van der Waals surface area contributed by atoms with Crippen LogP contribution in [0.25, 0.3) is 60.9 Å². The third kappa shape index (κ3) is 6.12. The average Bonchev–Trinajstić information content (AvgIpc) is 3.76. The molecule has 0 fully saturated rings. The molecule has 5 heteroatoms. The molecule has 1 N–H and O–H groups in total. The van der Waals surface area contributed by atoms with Gasteiger partial charge in [-0.05, 0) is 112 Å². The number of aliphatic hydroxyl groups is 1. The highest BCUT2D eigenvalue weighted by atomic mass is 28.3. The van der Waals surface area contributed by atoms with Gasteiger partial charge in [-0.15, -0.1) is 0 Å². The summed E-state index contributed by atoms with van der Waals surface area (Å²) in [4.78, 5) is 0. The van der Waals surface area contributed by atoms with E-state index in [1.54, 1.807) is 21.3 Å². The van der Waals surface area contributed by atoms with E-state index in [0.717, 1.165) is 11.2 Å². The van der Waals surface area contributed by atoms with Crippen molar-refractivity contribution in [2.45, 2.75) is 38.9 Å². The summed E-state index contributed by atoms with van der Waals surface area (Å²) in [6, 6.07) is 71.6. The first-order valence-corrected chi connectivity index (χ1v) is 22.5. The highest BCUT2D eigenvalue weighted by molar-refractivity contribution is 7.22. The lowest BCUT2D eigenvalue weighted by Crippen LogP contribution is -2.72. The molecule has 1 aliphatic rings. The van der Waals surface area contributed by atoms with Crippen molar-refractivity contribution in [1.82, 2.24) is 4.57 Å². The lowest BCUT2D eigenvalue weighted by atomic mass is 9.83. The zero-order chi connectivity index (χ0) is 40.4.